The van der Waals surface area contributed by atoms with Crippen LogP contribution in [-0.4, -0.2) is 35.2 Å². The lowest BCUT2D eigenvalue weighted by molar-refractivity contribution is 0.122. The van der Waals surface area contributed by atoms with E-state index < -0.39 is 10.0 Å². The standard InChI is InChI=1S/C12H18Cl2N2O3S/c1-8(19-3)6-16-20(17,18)11-5-10(13)4-9(7-15-2)12(11)14/h4-5,8,15-16H,6-7H2,1-3H3. The van der Waals surface area contributed by atoms with E-state index in [4.69, 9.17) is 27.9 Å². The van der Waals surface area contributed by atoms with Gasteiger partial charge < -0.3 is 10.1 Å². The second kappa shape index (κ2) is 7.59. The maximum absolute atomic E-state index is 12.3. The van der Waals surface area contributed by atoms with Crippen molar-refractivity contribution in [2.24, 2.45) is 0 Å². The number of hydrogen-bond acceptors (Lipinski definition) is 4. The Bertz CT molecular complexity index is 564. The highest BCUT2D eigenvalue weighted by Gasteiger charge is 2.21. The molecule has 114 valence electrons. The van der Waals surface area contributed by atoms with Crippen LogP contribution in [0, 0.1) is 0 Å². The fourth-order valence-electron chi connectivity index (χ4n) is 1.52. The van der Waals surface area contributed by atoms with E-state index in [1.165, 1.54) is 13.2 Å². The fraction of sp³-hybridized carbons (Fsp3) is 0.500. The van der Waals surface area contributed by atoms with Gasteiger partial charge in [0.2, 0.25) is 10.0 Å². The van der Waals surface area contributed by atoms with Gasteiger partial charge in [-0.3, -0.25) is 0 Å². The summed E-state index contributed by atoms with van der Waals surface area (Å²) in [7, 11) is -0.483. The summed E-state index contributed by atoms with van der Waals surface area (Å²) < 4.78 is 32.0. The number of ether oxygens (including phenoxy) is 1. The second-order valence-electron chi connectivity index (χ2n) is 4.31. The predicted octanol–water partition coefficient (Wildman–Crippen LogP) is 2.03. The number of methoxy groups -OCH3 is 1. The molecule has 0 bridgehead atoms. The number of sulfonamides is 1. The van der Waals surface area contributed by atoms with Crippen LogP contribution >= 0.6 is 23.2 Å². The van der Waals surface area contributed by atoms with Gasteiger partial charge in [0.05, 0.1) is 11.1 Å². The third kappa shape index (κ3) is 4.58. The highest BCUT2D eigenvalue weighted by molar-refractivity contribution is 7.89. The van der Waals surface area contributed by atoms with Crippen molar-refractivity contribution >= 4 is 33.2 Å². The van der Waals surface area contributed by atoms with Gasteiger partial charge in [-0.1, -0.05) is 23.2 Å². The molecule has 1 atom stereocenters. The molecular weight excluding hydrogens is 323 g/mol. The average Bonchev–Trinajstić information content (AvgIpc) is 2.40. The first-order valence-corrected chi connectivity index (χ1v) is 8.20. The van der Waals surface area contributed by atoms with Crippen LogP contribution in [0.4, 0.5) is 0 Å². The van der Waals surface area contributed by atoms with Gasteiger partial charge in [-0.25, -0.2) is 13.1 Å². The minimum absolute atomic E-state index is 0.0276. The van der Waals surface area contributed by atoms with Crippen molar-refractivity contribution < 1.29 is 13.2 Å². The highest BCUT2D eigenvalue weighted by Crippen LogP contribution is 2.29. The van der Waals surface area contributed by atoms with Crippen molar-refractivity contribution in [2.75, 3.05) is 20.7 Å². The van der Waals surface area contributed by atoms with Gasteiger partial charge in [-0.15, -0.1) is 0 Å². The minimum Gasteiger partial charge on any atom is -0.380 e. The molecule has 0 aromatic heterocycles. The van der Waals surface area contributed by atoms with Crippen LogP contribution in [0.3, 0.4) is 0 Å². The van der Waals surface area contributed by atoms with Crippen LogP contribution in [0.2, 0.25) is 10.0 Å². The number of nitrogens with one attached hydrogen (secondary N) is 2. The quantitative estimate of drug-likeness (QED) is 0.796. The highest BCUT2D eigenvalue weighted by atomic mass is 35.5. The van der Waals surface area contributed by atoms with Gasteiger partial charge >= 0.3 is 0 Å². The molecule has 0 radical (unpaired) electrons. The third-order valence-electron chi connectivity index (χ3n) is 2.70. The zero-order valence-electron chi connectivity index (χ0n) is 11.5. The Hall–Kier alpha value is -0.370. The lowest BCUT2D eigenvalue weighted by Crippen LogP contribution is -2.32. The third-order valence-corrected chi connectivity index (χ3v) is 4.92. The first-order valence-electron chi connectivity index (χ1n) is 5.96. The van der Waals surface area contributed by atoms with Crippen molar-refractivity contribution in [2.45, 2.75) is 24.5 Å². The molecular formula is C12H18Cl2N2O3S. The molecule has 0 amide bonds. The van der Waals surface area contributed by atoms with E-state index in [0.717, 1.165) is 0 Å². The number of halogens is 2. The Morgan fingerprint density at radius 3 is 2.55 bits per heavy atom. The summed E-state index contributed by atoms with van der Waals surface area (Å²) in [6.07, 6.45) is -0.237. The molecule has 8 heteroatoms. The van der Waals surface area contributed by atoms with Gasteiger partial charge in [0, 0.05) is 25.2 Å². The van der Waals surface area contributed by atoms with Crippen molar-refractivity contribution in [3.8, 4) is 0 Å². The molecule has 2 N–H and O–H groups in total. The second-order valence-corrected chi connectivity index (χ2v) is 6.86. The predicted molar refractivity (Wildman–Crippen MR) is 80.9 cm³/mol. The first kappa shape index (κ1) is 17.7. The van der Waals surface area contributed by atoms with E-state index in [9.17, 15) is 8.42 Å². The zero-order valence-corrected chi connectivity index (χ0v) is 13.9. The lowest BCUT2D eigenvalue weighted by atomic mass is 10.2. The van der Waals surface area contributed by atoms with E-state index in [2.05, 4.69) is 10.0 Å². The Morgan fingerprint density at radius 2 is 2.00 bits per heavy atom. The van der Waals surface area contributed by atoms with Gasteiger partial charge in [0.25, 0.3) is 0 Å². The summed E-state index contributed by atoms with van der Waals surface area (Å²) in [5, 5.41) is 3.40. The van der Waals surface area contributed by atoms with Gasteiger partial charge in [0.1, 0.15) is 4.90 Å². The van der Waals surface area contributed by atoms with Crippen LogP contribution in [0.25, 0.3) is 0 Å². The molecule has 1 aromatic carbocycles. The van der Waals surface area contributed by atoms with E-state index in [0.29, 0.717) is 17.1 Å². The monoisotopic (exact) mass is 340 g/mol. The Labute approximate surface area is 129 Å². The summed E-state index contributed by atoms with van der Waals surface area (Å²) in [6.45, 7) is 2.34. The number of benzene rings is 1. The topological polar surface area (TPSA) is 67.4 Å². The van der Waals surface area contributed by atoms with E-state index in [-0.39, 0.29) is 22.6 Å². The summed E-state index contributed by atoms with van der Waals surface area (Å²) in [6, 6.07) is 2.97. The largest absolute Gasteiger partial charge is 0.380 e. The average molecular weight is 341 g/mol. The summed E-state index contributed by atoms with van der Waals surface area (Å²) in [5.74, 6) is 0. The molecule has 0 heterocycles. The van der Waals surface area contributed by atoms with Gasteiger partial charge in [-0.2, -0.15) is 0 Å². The minimum atomic E-state index is -3.73. The summed E-state index contributed by atoms with van der Waals surface area (Å²) in [5.41, 5.74) is 0.627. The van der Waals surface area contributed by atoms with Crippen molar-refractivity contribution in [1.82, 2.24) is 10.0 Å². The van der Waals surface area contributed by atoms with E-state index in [1.807, 2.05) is 0 Å². The van der Waals surface area contributed by atoms with Crippen molar-refractivity contribution in [1.29, 1.82) is 0 Å². The summed E-state index contributed by atoms with van der Waals surface area (Å²) in [4.78, 5) is -0.0276. The fourth-order valence-corrected chi connectivity index (χ4v) is 3.57. The molecule has 0 spiro atoms. The van der Waals surface area contributed by atoms with Crippen LogP contribution in [0.1, 0.15) is 12.5 Å². The van der Waals surface area contributed by atoms with Crippen LogP contribution < -0.4 is 10.0 Å². The molecule has 0 fully saturated rings. The number of rotatable bonds is 7. The SMILES string of the molecule is CNCc1cc(Cl)cc(S(=O)(=O)NCC(C)OC)c1Cl. The van der Waals surface area contributed by atoms with E-state index >= 15 is 0 Å². The normalized spacial score (nSPS) is 13.4. The lowest BCUT2D eigenvalue weighted by Gasteiger charge is -2.14. The van der Waals surface area contributed by atoms with Crippen molar-refractivity contribution in [3.05, 3.63) is 27.7 Å². The first-order chi connectivity index (χ1) is 9.31. The molecule has 20 heavy (non-hydrogen) atoms. The molecule has 0 aliphatic rings. The Balaban J connectivity index is 3.11. The maximum atomic E-state index is 12.3. The summed E-state index contributed by atoms with van der Waals surface area (Å²) >= 11 is 12.1. The number of hydrogen-bond donors (Lipinski definition) is 2. The van der Waals surface area contributed by atoms with E-state index in [1.54, 1.807) is 20.0 Å². The maximum Gasteiger partial charge on any atom is 0.242 e. The molecule has 0 saturated carbocycles. The van der Waals surface area contributed by atoms with Gasteiger partial charge in [-0.05, 0) is 31.7 Å². The van der Waals surface area contributed by atoms with Crippen molar-refractivity contribution in [3.63, 3.8) is 0 Å². The van der Waals surface area contributed by atoms with Crippen LogP contribution in [0.15, 0.2) is 17.0 Å². The molecule has 0 saturated heterocycles. The smallest absolute Gasteiger partial charge is 0.242 e. The Kier molecular flexibility index (Phi) is 6.71. The van der Waals surface area contributed by atoms with Crippen LogP contribution in [0.5, 0.6) is 0 Å². The molecule has 5 nitrogen and oxygen atoms in total. The molecule has 1 rings (SSSR count). The Morgan fingerprint density at radius 1 is 1.35 bits per heavy atom. The van der Waals surface area contributed by atoms with Crippen LogP contribution in [-0.2, 0) is 21.3 Å². The molecule has 1 aromatic rings. The molecule has 0 aliphatic heterocycles. The van der Waals surface area contributed by atoms with Gasteiger partial charge in [0.15, 0.2) is 0 Å². The molecule has 0 aliphatic carbocycles. The zero-order chi connectivity index (χ0) is 15.3. The molecule has 1 unspecified atom stereocenters.